The molecular formula is C23H15N3O4. The molecule has 7 heteroatoms. The number of nitriles is 1. The molecule has 1 amide bonds. The van der Waals surface area contributed by atoms with Crippen LogP contribution < -0.4 is 10.6 Å². The number of amides is 1. The number of rotatable bonds is 0. The minimum atomic E-state index is -1.83. The van der Waals surface area contributed by atoms with Crippen LogP contribution in [0.25, 0.3) is 0 Å². The summed E-state index contributed by atoms with van der Waals surface area (Å²) in [4.78, 5) is 42.0. The van der Waals surface area contributed by atoms with Crippen LogP contribution in [0.1, 0.15) is 31.8 Å². The number of fused-ring (bicyclic) bond motifs is 4. The van der Waals surface area contributed by atoms with Crippen molar-refractivity contribution in [2.75, 3.05) is 11.9 Å². The molecule has 2 N–H and O–H groups in total. The molecule has 7 nitrogen and oxygen atoms in total. The average Bonchev–Trinajstić information content (AvgIpc) is 2.94. The quantitative estimate of drug-likeness (QED) is 0.729. The summed E-state index contributed by atoms with van der Waals surface area (Å²) in [5, 5.41) is 9.97. The predicted octanol–water partition coefficient (Wildman–Crippen LogP) is 2.27. The number of allylic oxidation sites excluding steroid dienone is 1. The Morgan fingerprint density at radius 2 is 1.73 bits per heavy atom. The third kappa shape index (κ3) is 1.85. The summed E-state index contributed by atoms with van der Waals surface area (Å²) >= 11 is 0. The summed E-state index contributed by atoms with van der Waals surface area (Å²) in [5.41, 5.74) is 6.02. The van der Waals surface area contributed by atoms with Crippen LogP contribution in [0.15, 0.2) is 65.3 Å². The molecule has 1 aliphatic carbocycles. The van der Waals surface area contributed by atoms with E-state index in [1.165, 1.54) is 17.0 Å². The van der Waals surface area contributed by atoms with Gasteiger partial charge in [0, 0.05) is 29.4 Å². The van der Waals surface area contributed by atoms with E-state index >= 15 is 0 Å². The Morgan fingerprint density at radius 1 is 1.07 bits per heavy atom. The lowest BCUT2D eigenvalue weighted by atomic mass is 9.64. The smallest absolute Gasteiger partial charge is 0.247 e. The number of carbonyl (C=O) groups is 3. The molecule has 1 atom stereocenters. The molecule has 0 aromatic heterocycles. The highest BCUT2D eigenvalue weighted by atomic mass is 16.5. The lowest BCUT2D eigenvalue weighted by Crippen LogP contribution is -2.49. The maximum absolute atomic E-state index is 13.7. The molecule has 2 aliphatic heterocycles. The van der Waals surface area contributed by atoms with E-state index in [9.17, 15) is 19.6 Å². The molecule has 0 bridgehead atoms. The number of carbonyl (C=O) groups excluding carboxylic acids is 3. The second-order valence-corrected chi connectivity index (χ2v) is 7.50. The summed E-state index contributed by atoms with van der Waals surface area (Å²) in [6.45, 7) is 1.84. The van der Waals surface area contributed by atoms with Gasteiger partial charge in [-0.2, -0.15) is 5.26 Å². The number of hydrogen-bond acceptors (Lipinski definition) is 6. The molecule has 146 valence electrons. The largest absolute Gasteiger partial charge is 0.436 e. The highest BCUT2D eigenvalue weighted by molar-refractivity contribution is 6.31. The van der Waals surface area contributed by atoms with Crippen LogP contribution in [0.2, 0.25) is 0 Å². The Bertz CT molecular complexity index is 1330. The first-order chi connectivity index (χ1) is 14.3. The second-order valence-electron chi connectivity index (χ2n) is 7.50. The van der Waals surface area contributed by atoms with E-state index in [1.807, 2.05) is 19.1 Å². The zero-order chi connectivity index (χ0) is 21.4. The standard InChI is InChI=1S/C23H15N3O4/c1-11-7-8-16-14(9-11)23(22(29)26(16)2)15(10-24)21(25)30-20-17(23)18(27)12-5-3-4-6-13(12)19(20)28/h3-9H,25H2,1-2H3/t23-/m1/s1. The van der Waals surface area contributed by atoms with Gasteiger partial charge < -0.3 is 15.4 Å². The number of nitrogens with zero attached hydrogens (tertiary/aromatic N) is 2. The summed E-state index contributed by atoms with van der Waals surface area (Å²) in [6, 6.07) is 13.6. The van der Waals surface area contributed by atoms with E-state index in [2.05, 4.69) is 0 Å². The van der Waals surface area contributed by atoms with Crippen LogP contribution in [-0.2, 0) is 14.9 Å². The van der Waals surface area contributed by atoms with Crippen LogP contribution in [-0.4, -0.2) is 24.5 Å². The maximum atomic E-state index is 13.7. The number of nitrogens with two attached hydrogens (primary N) is 1. The van der Waals surface area contributed by atoms with Gasteiger partial charge in [0.15, 0.2) is 11.5 Å². The fourth-order valence-corrected chi connectivity index (χ4v) is 4.60. The van der Waals surface area contributed by atoms with Crippen molar-refractivity contribution in [2.45, 2.75) is 12.3 Å². The van der Waals surface area contributed by atoms with E-state index in [4.69, 9.17) is 10.5 Å². The number of aryl methyl sites for hydroxylation is 1. The van der Waals surface area contributed by atoms with Gasteiger partial charge in [-0.15, -0.1) is 0 Å². The van der Waals surface area contributed by atoms with Crippen molar-refractivity contribution in [3.63, 3.8) is 0 Å². The minimum absolute atomic E-state index is 0.154. The second kappa shape index (κ2) is 5.67. The number of ether oxygens (including phenoxy) is 1. The number of benzene rings is 2. The SMILES string of the molecule is Cc1ccc2c(c1)[C@@]1(C(=O)N2C)C(C#N)=C(N)OC2=C1C(=O)c1ccccc1C2=O. The van der Waals surface area contributed by atoms with Crippen LogP contribution in [0.3, 0.4) is 0 Å². The van der Waals surface area contributed by atoms with E-state index in [1.54, 1.807) is 31.3 Å². The Morgan fingerprint density at radius 3 is 2.40 bits per heavy atom. The molecule has 0 saturated carbocycles. The zero-order valence-electron chi connectivity index (χ0n) is 16.1. The predicted molar refractivity (Wildman–Crippen MR) is 106 cm³/mol. The van der Waals surface area contributed by atoms with Crippen LogP contribution in [0.4, 0.5) is 5.69 Å². The van der Waals surface area contributed by atoms with Gasteiger partial charge in [0.1, 0.15) is 17.1 Å². The molecule has 1 spiro atoms. The van der Waals surface area contributed by atoms with Gasteiger partial charge in [-0.25, -0.2) is 0 Å². The fourth-order valence-electron chi connectivity index (χ4n) is 4.60. The van der Waals surface area contributed by atoms with Crippen molar-refractivity contribution >= 4 is 23.2 Å². The van der Waals surface area contributed by atoms with Gasteiger partial charge in [-0.05, 0) is 13.0 Å². The van der Waals surface area contributed by atoms with E-state index in [0.717, 1.165) is 5.56 Å². The number of anilines is 1. The molecule has 0 fully saturated rings. The van der Waals surface area contributed by atoms with Crippen molar-refractivity contribution in [2.24, 2.45) is 5.73 Å². The van der Waals surface area contributed by atoms with Gasteiger partial charge in [-0.1, -0.05) is 42.0 Å². The number of ketones is 2. The van der Waals surface area contributed by atoms with Crippen molar-refractivity contribution < 1.29 is 19.1 Å². The highest BCUT2D eigenvalue weighted by Crippen LogP contribution is 2.55. The molecule has 2 heterocycles. The number of Topliss-reactive ketones (excluding diaryl/α,β-unsaturated/α-hetero) is 2. The molecule has 2 aromatic rings. The Balaban J connectivity index is 1.95. The van der Waals surface area contributed by atoms with Gasteiger partial charge >= 0.3 is 0 Å². The highest BCUT2D eigenvalue weighted by Gasteiger charge is 2.63. The third-order valence-electron chi connectivity index (χ3n) is 5.94. The van der Waals surface area contributed by atoms with Gasteiger partial charge in [-0.3, -0.25) is 14.4 Å². The van der Waals surface area contributed by atoms with Crippen molar-refractivity contribution in [3.05, 3.63) is 87.5 Å². The summed E-state index contributed by atoms with van der Waals surface area (Å²) < 4.78 is 5.52. The fraction of sp³-hybridized carbons (Fsp3) is 0.130. The minimum Gasteiger partial charge on any atom is -0.436 e. The third-order valence-corrected chi connectivity index (χ3v) is 5.94. The molecular weight excluding hydrogens is 382 g/mol. The monoisotopic (exact) mass is 397 g/mol. The van der Waals surface area contributed by atoms with E-state index in [-0.39, 0.29) is 33.9 Å². The normalized spacial score (nSPS) is 22.0. The van der Waals surface area contributed by atoms with E-state index < -0.39 is 22.9 Å². The molecule has 0 radical (unpaired) electrons. The summed E-state index contributed by atoms with van der Waals surface area (Å²) in [5.74, 6) is -2.26. The summed E-state index contributed by atoms with van der Waals surface area (Å²) in [7, 11) is 1.56. The van der Waals surface area contributed by atoms with Crippen molar-refractivity contribution in [1.29, 1.82) is 5.26 Å². The lowest BCUT2D eigenvalue weighted by Gasteiger charge is -2.37. The molecule has 0 unspecified atom stereocenters. The maximum Gasteiger partial charge on any atom is 0.247 e. The first kappa shape index (κ1) is 17.9. The van der Waals surface area contributed by atoms with Gasteiger partial charge in [0.05, 0.1) is 5.57 Å². The number of likely N-dealkylation sites (N-methyl/N-ethyl adjacent to an activating group) is 1. The molecule has 0 saturated heterocycles. The zero-order valence-corrected chi connectivity index (χ0v) is 16.1. The first-order valence-electron chi connectivity index (χ1n) is 9.24. The lowest BCUT2D eigenvalue weighted by molar-refractivity contribution is -0.120. The Labute approximate surface area is 171 Å². The summed E-state index contributed by atoms with van der Waals surface area (Å²) in [6.07, 6.45) is 0. The topological polar surface area (TPSA) is 113 Å². The average molecular weight is 397 g/mol. The molecule has 2 aromatic carbocycles. The van der Waals surface area contributed by atoms with Crippen LogP contribution in [0, 0.1) is 18.3 Å². The Hall–Kier alpha value is -4.18. The van der Waals surface area contributed by atoms with Crippen LogP contribution in [0.5, 0.6) is 0 Å². The van der Waals surface area contributed by atoms with Crippen molar-refractivity contribution in [1.82, 2.24) is 0 Å². The van der Waals surface area contributed by atoms with Gasteiger partial charge in [0.25, 0.3) is 0 Å². The molecule has 30 heavy (non-hydrogen) atoms. The Kier molecular flexibility index (Phi) is 3.38. The van der Waals surface area contributed by atoms with Crippen molar-refractivity contribution in [3.8, 4) is 6.07 Å². The first-order valence-corrected chi connectivity index (χ1v) is 9.24. The van der Waals surface area contributed by atoms with Gasteiger partial charge in [0.2, 0.25) is 17.6 Å². The number of hydrogen-bond donors (Lipinski definition) is 1. The van der Waals surface area contributed by atoms with E-state index in [0.29, 0.717) is 11.3 Å². The van der Waals surface area contributed by atoms with Crippen LogP contribution >= 0.6 is 0 Å². The molecule has 3 aliphatic rings. The molecule has 5 rings (SSSR count).